The molecule has 0 saturated heterocycles. The summed E-state index contributed by atoms with van der Waals surface area (Å²) in [7, 11) is 0. The van der Waals surface area contributed by atoms with Crippen molar-refractivity contribution in [3.8, 4) is 0 Å². The maximum absolute atomic E-state index is 5.67. The zero-order valence-corrected chi connectivity index (χ0v) is 9.97. The summed E-state index contributed by atoms with van der Waals surface area (Å²) >= 11 is 0. The van der Waals surface area contributed by atoms with Crippen LogP contribution in [-0.4, -0.2) is 6.04 Å². The summed E-state index contributed by atoms with van der Waals surface area (Å²) < 4.78 is 0. The van der Waals surface area contributed by atoms with Gasteiger partial charge >= 0.3 is 0 Å². The molecule has 0 radical (unpaired) electrons. The van der Waals surface area contributed by atoms with Crippen molar-refractivity contribution in [3.05, 3.63) is 0 Å². The highest BCUT2D eigenvalue weighted by atomic mass is 15.2. The van der Waals surface area contributed by atoms with Gasteiger partial charge in [0, 0.05) is 6.04 Å². The summed E-state index contributed by atoms with van der Waals surface area (Å²) in [5.41, 5.74) is 3.50. The van der Waals surface area contributed by atoms with Gasteiger partial charge in [-0.25, -0.2) is 0 Å². The molecule has 1 aliphatic rings. The van der Waals surface area contributed by atoms with E-state index >= 15 is 0 Å². The second-order valence-corrected chi connectivity index (χ2v) is 5.55. The molecule has 0 aliphatic heterocycles. The molecule has 0 heterocycles. The van der Waals surface area contributed by atoms with Gasteiger partial charge in [0.25, 0.3) is 0 Å². The Hall–Kier alpha value is -0.0800. The van der Waals surface area contributed by atoms with E-state index in [0.717, 1.165) is 5.92 Å². The zero-order chi connectivity index (χ0) is 10.6. The smallest absolute Gasteiger partial charge is 0.0264 e. The molecule has 1 fully saturated rings. The Morgan fingerprint density at radius 1 is 1.21 bits per heavy atom. The Labute approximate surface area is 88.6 Å². The van der Waals surface area contributed by atoms with Crippen molar-refractivity contribution in [1.29, 1.82) is 0 Å². The van der Waals surface area contributed by atoms with E-state index in [2.05, 4.69) is 26.2 Å². The molecule has 1 unspecified atom stereocenters. The molecule has 0 aromatic carbocycles. The van der Waals surface area contributed by atoms with Crippen molar-refractivity contribution in [2.24, 2.45) is 17.2 Å². The Balaban J connectivity index is 2.43. The minimum atomic E-state index is 0.462. The first-order valence-electron chi connectivity index (χ1n) is 6.04. The van der Waals surface area contributed by atoms with Crippen LogP contribution in [0.2, 0.25) is 0 Å². The molecule has 2 heteroatoms. The van der Waals surface area contributed by atoms with Crippen molar-refractivity contribution in [1.82, 2.24) is 5.43 Å². The third kappa shape index (κ3) is 2.96. The van der Waals surface area contributed by atoms with Gasteiger partial charge in [-0.3, -0.25) is 11.3 Å². The number of hydrazine groups is 1. The summed E-state index contributed by atoms with van der Waals surface area (Å²) in [5.74, 6) is 6.46. The number of nitrogens with one attached hydrogen (secondary N) is 1. The highest BCUT2D eigenvalue weighted by Gasteiger charge is 2.35. The van der Waals surface area contributed by atoms with Gasteiger partial charge in [-0.2, -0.15) is 0 Å². The minimum Gasteiger partial charge on any atom is -0.271 e. The monoisotopic (exact) mass is 198 g/mol. The van der Waals surface area contributed by atoms with E-state index in [9.17, 15) is 0 Å². The summed E-state index contributed by atoms with van der Waals surface area (Å²) in [6, 6.07) is 0.521. The first-order valence-corrected chi connectivity index (χ1v) is 6.04. The molecule has 84 valence electrons. The molecule has 0 aromatic rings. The molecule has 1 saturated carbocycles. The van der Waals surface area contributed by atoms with Crippen LogP contribution in [0.3, 0.4) is 0 Å². The average Bonchev–Trinajstić information content (AvgIpc) is 2.53. The molecule has 1 atom stereocenters. The summed E-state index contributed by atoms with van der Waals surface area (Å²) in [6.07, 6.45) is 7.97. The van der Waals surface area contributed by atoms with Crippen LogP contribution in [0.15, 0.2) is 0 Å². The average molecular weight is 198 g/mol. The van der Waals surface area contributed by atoms with Gasteiger partial charge in [0.05, 0.1) is 0 Å². The topological polar surface area (TPSA) is 38.0 Å². The highest BCUT2D eigenvalue weighted by Crippen LogP contribution is 2.41. The molecule has 14 heavy (non-hydrogen) atoms. The van der Waals surface area contributed by atoms with E-state index in [1.54, 1.807) is 0 Å². The lowest BCUT2D eigenvalue weighted by molar-refractivity contribution is 0.203. The Kier molecular flexibility index (Phi) is 4.39. The van der Waals surface area contributed by atoms with Gasteiger partial charge in [-0.05, 0) is 37.0 Å². The molecular formula is C12H26N2. The molecule has 1 rings (SSSR count). The van der Waals surface area contributed by atoms with Crippen LogP contribution in [0.4, 0.5) is 0 Å². The molecular weight excluding hydrogens is 172 g/mol. The highest BCUT2D eigenvalue weighted by molar-refractivity contribution is 4.90. The van der Waals surface area contributed by atoms with Gasteiger partial charge in [-0.15, -0.1) is 0 Å². The number of hydrogen-bond acceptors (Lipinski definition) is 2. The van der Waals surface area contributed by atoms with Crippen molar-refractivity contribution < 1.29 is 0 Å². The van der Waals surface area contributed by atoms with E-state index in [1.807, 2.05) is 0 Å². The second-order valence-electron chi connectivity index (χ2n) is 5.55. The van der Waals surface area contributed by atoms with Crippen LogP contribution in [0.5, 0.6) is 0 Å². The maximum Gasteiger partial charge on any atom is 0.0264 e. The van der Waals surface area contributed by atoms with Crippen molar-refractivity contribution in [2.75, 3.05) is 0 Å². The van der Waals surface area contributed by atoms with E-state index in [-0.39, 0.29) is 0 Å². The Morgan fingerprint density at radius 2 is 1.79 bits per heavy atom. The molecule has 0 amide bonds. The fourth-order valence-corrected chi connectivity index (χ4v) is 2.66. The quantitative estimate of drug-likeness (QED) is 0.526. The molecule has 0 bridgehead atoms. The predicted molar refractivity (Wildman–Crippen MR) is 61.8 cm³/mol. The van der Waals surface area contributed by atoms with Crippen LogP contribution in [0.1, 0.15) is 59.3 Å². The largest absolute Gasteiger partial charge is 0.271 e. The summed E-state index contributed by atoms with van der Waals surface area (Å²) in [6.45, 7) is 6.96. The molecule has 0 spiro atoms. The number of nitrogens with two attached hydrogens (primary N) is 1. The summed E-state index contributed by atoms with van der Waals surface area (Å²) in [4.78, 5) is 0. The fraction of sp³-hybridized carbons (Fsp3) is 1.00. The molecule has 0 aromatic heterocycles. The standard InChI is InChI=1S/C12H26N2/c1-10(2)6-7-11(14-13)12(3)8-4-5-9-12/h10-11,14H,4-9,13H2,1-3H3. The number of rotatable bonds is 5. The lowest BCUT2D eigenvalue weighted by Crippen LogP contribution is -2.46. The van der Waals surface area contributed by atoms with Gasteiger partial charge in [0.2, 0.25) is 0 Å². The lowest BCUT2D eigenvalue weighted by atomic mass is 9.78. The van der Waals surface area contributed by atoms with E-state index in [0.29, 0.717) is 11.5 Å². The third-order valence-electron chi connectivity index (χ3n) is 3.82. The van der Waals surface area contributed by atoms with E-state index < -0.39 is 0 Å². The number of hydrogen-bond donors (Lipinski definition) is 2. The van der Waals surface area contributed by atoms with E-state index in [1.165, 1.54) is 38.5 Å². The Morgan fingerprint density at radius 3 is 2.21 bits per heavy atom. The SMILES string of the molecule is CC(C)CCC(NN)C1(C)CCCC1. The van der Waals surface area contributed by atoms with Crippen LogP contribution in [0.25, 0.3) is 0 Å². The third-order valence-corrected chi connectivity index (χ3v) is 3.82. The first-order chi connectivity index (χ1) is 6.58. The zero-order valence-electron chi connectivity index (χ0n) is 9.97. The van der Waals surface area contributed by atoms with Gasteiger partial charge in [0.15, 0.2) is 0 Å². The van der Waals surface area contributed by atoms with Crippen LogP contribution < -0.4 is 11.3 Å². The van der Waals surface area contributed by atoms with Crippen LogP contribution >= 0.6 is 0 Å². The van der Waals surface area contributed by atoms with Crippen molar-refractivity contribution in [2.45, 2.75) is 65.3 Å². The second kappa shape index (κ2) is 5.13. The van der Waals surface area contributed by atoms with Gasteiger partial charge in [-0.1, -0.05) is 33.6 Å². The van der Waals surface area contributed by atoms with Crippen molar-refractivity contribution in [3.63, 3.8) is 0 Å². The first kappa shape index (κ1) is 12.0. The Bertz CT molecular complexity index is 160. The van der Waals surface area contributed by atoms with Gasteiger partial charge < -0.3 is 0 Å². The van der Waals surface area contributed by atoms with Crippen molar-refractivity contribution >= 4 is 0 Å². The maximum atomic E-state index is 5.67. The van der Waals surface area contributed by atoms with Gasteiger partial charge in [0.1, 0.15) is 0 Å². The molecule has 3 N–H and O–H groups in total. The van der Waals surface area contributed by atoms with Crippen LogP contribution in [-0.2, 0) is 0 Å². The fourth-order valence-electron chi connectivity index (χ4n) is 2.66. The predicted octanol–water partition coefficient (Wildman–Crippen LogP) is 2.83. The molecule has 1 aliphatic carbocycles. The van der Waals surface area contributed by atoms with E-state index in [4.69, 9.17) is 5.84 Å². The minimum absolute atomic E-state index is 0.462. The molecule has 2 nitrogen and oxygen atoms in total. The normalized spacial score (nSPS) is 22.9. The van der Waals surface area contributed by atoms with Crippen LogP contribution in [0, 0.1) is 11.3 Å². The lowest BCUT2D eigenvalue weighted by Gasteiger charge is -2.34. The summed E-state index contributed by atoms with van der Waals surface area (Å²) in [5, 5.41) is 0.